The van der Waals surface area contributed by atoms with Crippen molar-refractivity contribution in [2.24, 2.45) is 5.41 Å². The number of benzene rings is 1. The fourth-order valence-corrected chi connectivity index (χ4v) is 5.63. The average Bonchev–Trinajstić information content (AvgIpc) is 3.27. The molecule has 4 rings (SSSR count). The molecule has 0 saturated carbocycles. The molecule has 0 radical (unpaired) electrons. The topological polar surface area (TPSA) is 60.9 Å². The number of thioether (sulfide) groups is 1. The summed E-state index contributed by atoms with van der Waals surface area (Å²) in [5.41, 5.74) is 1.56. The molecule has 0 aromatic heterocycles. The summed E-state index contributed by atoms with van der Waals surface area (Å²) in [6, 6.07) is 10.6. The molecule has 1 atom stereocenters. The third-order valence-corrected chi connectivity index (χ3v) is 7.31. The van der Waals surface area contributed by atoms with E-state index in [-0.39, 0.29) is 34.8 Å². The molecule has 3 fully saturated rings. The van der Waals surface area contributed by atoms with Crippen molar-refractivity contribution in [1.82, 2.24) is 14.7 Å². The largest absolute Gasteiger partial charge is 0.341 e. The molecule has 3 aliphatic heterocycles. The molecule has 1 unspecified atom stereocenters. The Bertz CT molecular complexity index is 756. The van der Waals surface area contributed by atoms with Crippen LogP contribution in [0.25, 0.3) is 0 Å². The SMILES string of the molecule is O=C(CN1C(=O)CSC1=O)N1CCC2(CCCN(CCCc3ccccc3)C2)C1. The Balaban J connectivity index is 1.27. The van der Waals surface area contributed by atoms with Gasteiger partial charge in [-0.15, -0.1) is 0 Å². The molecular weight excluding hydrogens is 386 g/mol. The van der Waals surface area contributed by atoms with Gasteiger partial charge in [0, 0.05) is 25.0 Å². The van der Waals surface area contributed by atoms with Gasteiger partial charge in [-0.05, 0) is 50.8 Å². The smallest absolute Gasteiger partial charge is 0.289 e. The third kappa shape index (κ3) is 4.83. The Morgan fingerprint density at radius 2 is 1.90 bits per heavy atom. The van der Waals surface area contributed by atoms with Crippen molar-refractivity contribution in [3.63, 3.8) is 0 Å². The van der Waals surface area contributed by atoms with Crippen LogP contribution >= 0.6 is 11.8 Å². The number of carbonyl (C=O) groups is 3. The van der Waals surface area contributed by atoms with Gasteiger partial charge >= 0.3 is 0 Å². The molecule has 156 valence electrons. The Morgan fingerprint density at radius 1 is 1.07 bits per heavy atom. The highest BCUT2D eigenvalue weighted by Gasteiger charge is 2.43. The van der Waals surface area contributed by atoms with E-state index in [9.17, 15) is 14.4 Å². The van der Waals surface area contributed by atoms with E-state index >= 15 is 0 Å². The summed E-state index contributed by atoms with van der Waals surface area (Å²) in [5, 5.41) is -0.292. The highest BCUT2D eigenvalue weighted by Crippen LogP contribution is 2.39. The van der Waals surface area contributed by atoms with Gasteiger partial charge in [0.15, 0.2) is 0 Å². The van der Waals surface area contributed by atoms with Gasteiger partial charge < -0.3 is 9.80 Å². The van der Waals surface area contributed by atoms with Crippen molar-refractivity contribution >= 4 is 28.8 Å². The molecule has 0 bridgehead atoms. The van der Waals surface area contributed by atoms with E-state index < -0.39 is 0 Å². The molecule has 1 aromatic carbocycles. The molecule has 3 saturated heterocycles. The summed E-state index contributed by atoms with van der Waals surface area (Å²) in [6.45, 7) is 4.67. The molecule has 1 spiro atoms. The Hall–Kier alpha value is -1.86. The molecule has 29 heavy (non-hydrogen) atoms. The zero-order valence-electron chi connectivity index (χ0n) is 16.8. The number of likely N-dealkylation sites (tertiary alicyclic amines) is 2. The minimum Gasteiger partial charge on any atom is -0.341 e. The number of aryl methyl sites for hydroxylation is 1. The fraction of sp³-hybridized carbons (Fsp3) is 0.591. The summed E-state index contributed by atoms with van der Waals surface area (Å²) in [6.07, 6.45) is 5.60. The second kappa shape index (κ2) is 8.88. The van der Waals surface area contributed by atoms with Crippen LogP contribution in [0.4, 0.5) is 4.79 Å². The lowest BCUT2D eigenvalue weighted by molar-refractivity contribution is -0.136. The number of nitrogens with zero attached hydrogens (tertiary/aromatic N) is 3. The van der Waals surface area contributed by atoms with Crippen LogP contribution in [0.1, 0.15) is 31.2 Å². The van der Waals surface area contributed by atoms with E-state index in [4.69, 9.17) is 0 Å². The van der Waals surface area contributed by atoms with Crippen LogP contribution < -0.4 is 0 Å². The minimum absolute atomic E-state index is 0.0905. The van der Waals surface area contributed by atoms with Crippen molar-refractivity contribution < 1.29 is 14.4 Å². The second-order valence-corrected chi connectivity index (χ2v) is 9.50. The maximum atomic E-state index is 12.7. The predicted molar refractivity (Wildman–Crippen MR) is 114 cm³/mol. The van der Waals surface area contributed by atoms with Crippen molar-refractivity contribution in [3.05, 3.63) is 35.9 Å². The van der Waals surface area contributed by atoms with Crippen LogP contribution in [0.5, 0.6) is 0 Å². The minimum atomic E-state index is -0.292. The normalized spacial score (nSPS) is 25.4. The van der Waals surface area contributed by atoms with Crippen LogP contribution in [-0.2, 0) is 16.0 Å². The standard InChI is InChI=1S/C22H29N3O3S/c26-19(14-25-20(27)15-29-21(25)28)24-13-10-22(17-24)9-5-12-23(16-22)11-4-8-18-6-2-1-3-7-18/h1-3,6-7H,4-5,8-17H2. The molecule has 6 nitrogen and oxygen atoms in total. The number of hydrogen-bond donors (Lipinski definition) is 0. The maximum Gasteiger partial charge on any atom is 0.289 e. The van der Waals surface area contributed by atoms with Gasteiger partial charge in [0.05, 0.1) is 5.75 Å². The quantitative estimate of drug-likeness (QED) is 0.715. The van der Waals surface area contributed by atoms with E-state index in [2.05, 4.69) is 35.2 Å². The number of piperidine rings is 1. The highest BCUT2D eigenvalue weighted by atomic mass is 32.2. The van der Waals surface area contributed by atoms with Crippen LogP contribution in [-0.4, -0.2) is 76.8 Å². The molecule has 0 N–H and O–H groups in total. The number of hydrogen-bond acceptors (Lipinski definition) is 5. The van der Waals surface area contributed by atoms with E-state index in [1.165, 1.54) is 12.0 Å². The van der Waals surface area contributed by atoms with E-state index in [0.29, 0.717) is 0 Å². The lowest BCUT2D eigenvalue weighted by Gasteiger charge is -2.40. The molecule has 3 heterocycles. The molecular formula is C22H29N3O3S. The summed E-state index contributed by atoms with van der Waals surface area (Å²) in [4.78, 5) is 41.8. The van der Waals surface area contributed by atoms with Crippen LogP contribution in [0, 0.1) is 5.41 Å². The number of imide groups is 1. The van der Waals surface area contributed by atoms with E-state index in [1.807, 2.05) is 4.90 Å². The maximum absolute atomic E-state index is 12.7. The zero-order chi connectivity index (χ0) is 20.3. The van der Waals surface area contributed by atoms with Gasteiger partial charge in [-0.1, -0.05) is 42.1 Å². The van der Waals surface area contributed by atoms with Gasteiger partial charge in [0.25, 0.3) is 5.24 Å². The number of amides is 3. The first-order valence-electron chi connectivity index (χ1n) is 10.6. The predicted octanol–water partition coefficient (Wildman–Crippen LogP) is 2.63. The number of carbonyl (C=O) groups excluding carboxylic acids is 3. The van der Waals surface area contributed by atoms with Crippen molar-refractivity contribution in [2.75, 3.05) is 45.0 Å². The van der Waals surface area contributed by atoms with Gasteiger partial charge in [0.2, 0.25) is 11.8 Å². The molecule has 3 amide bonds. The number of rotatable bonds is 6. The third-order valence-electron chi connectivity index (χ3n) is 6.45. The van der Waals surface area contributed by atoms with Crippen molar-refractivity contribution in [2.45, 2.75) is 32.1 Å². The first-order chi connectivity index (χ1) is 14.0. The first-order valence-corrected chi connectivity index (χ1v) is 11.5. The molecule has 1 aromatic rings. The van der Waals surface area contributed by atoms with Crippen LogP contribution in [0.15, 0.2) is 30.3 Å². The lowest BCUT2D eigenvalue weighted by atomic mass is 9.79. The van der Waals surface area contributed by atoms with Crippen molar-refractivity contribution in [1.29, 1.82) is 0 Å². The fourth-order valence-electron chi connectivity index (χ4n) is 4.90. The van der Waals surface area contributed by atoms with Gasteiger partial charge in [-0.25, -0.2) is 0 Å². The van der Waals surface area contributed by atoms with E-state index in [0.717, 1.165) is 75.1 Å². The van der Waals surface area contributed by atoms with Gasteiger partial charge in [0.1, 0.15) is 6.54 Å². The Morgan fingerprint density at radius 3 is 2.66 bits per heavy atom. The monoisotopic (exact) mass is 415 g/mol. The van der Waals surface area contributed by atoms with Gasteiger partial charge in [-0.2, -0.15) is 0 Å². The summed E-state index contributed by atoms with van der Waals surface area (Å²) in [5.74, 6) is -0.176. The van der Waals surface area contributed by atoms with Crippen LogP contribution in [0.2, 0.25) is 0 Å². The van der Waals surface area contributed by atoms with Gasteiger partial charge in [-0.3, -0.25) is 19.3 Å². The summed E-state index contributed by atoms with van der Waals surface area (Å²) < 4.78 is 0. The lowest BCUT2D eigenvalue weighted by Crippen LogP contribution is -2.47. The summed E-state index contributed by atoms with van der Waals surface area (Å²) in [7, 11) is 0. The molecule has 3 aliphatic rings. The Labute approximate surface area is 176 Å². The van der Waals surface area contributed by atoms with Crippen molar-refractivity contribution in [3.8, 4) is 0 Å². The van der Waals surface area contributed by atoms with Crippen LogP contribution in [0.3, 0.4) is 0 Å². The molecule has 0 aliphatic carbocycles. The summed E-state index contributed by atoms with van der Waals surface area (Å²) >= 11 is 0.986. The Kier molecular flexibility index (Phi) is 6.25. The molecule has 7 heteroatoms. The average molecular weight is 416 g/mol. The highest BCUT2D eigenvalue weighted by molar-refractivity contribution is 8.14. The first kappa shape index (κ1) is 20.4. The zero-order valence-corrected chi connectivity index (χ0v) is 17.7. The van der Waals surface area contributed by atoms with E-state index in [1.54, 1.807) is 0 Å². The second-order valence-electron chi connectivity index (χ2n) is 8.57.